The number of methoxy groups -OCH3 is 1. The molecule has 0 saturated carbocycles. The van der Waals surface area contributed by atoms with E-state index in [-0.39, 0.29) is 12.3 Å². The van der Waals surface area contributed by atoms with Gasteiger partial charge in [-0.2, -0.15) is 0 Å². The van der Waals surface area contributed by atoms with E-state index in [0.717, 1.165) is 0 Å². The van der Waals surface area contributed by atoms with Gasteiger partial charge in [-0.15, -0.1) is 0 Å². The molecule has 2 N–H and O–H groups in total. The lowest BCUT2D eigenvalue weighted by molar-refractivity contribution is -0.115. The van der Waals surface area contributed by atoms with Crippen LogP contribution in [0.4, 0.5) is 5.69 Å². The zero-order valence-electron chi connectivity index (χ0n) is 14.7. The number of hydrogen-bond donors (Lipinski definition) is 2. The summed E-state index contributed by atoms with van der Waals surface area (Å²) in [6.45, 7) is 2.05. The molecule has 2 aromatic carbocycles. The van der Waals surface area contributed by atoms with Crippen molar-refractivity contribution in [2.24, 2.45) is 0 Å². The predicted molar refractivity (Wildman–Crippen MR) is 99.9 cm³/mol. The van der Waals surface area contributed by atoms with Gasteiger partial charge in [0.2, 0.25) is 15.9 Å². The summed E-state index contributed by atoms with van der Waals surface area (Å²) in [4.78, 5) is 12.0. The number of anilines is 1. The van der Waals surface area contributed by atoms with Gasteiger partial charge in [-0.3, -0.25) is 4.79 Å². The minimum Gasteiger partial charge on any atom is -0.495 e. The topological polar surface area (TPSA) is 93.7 Å². The number of carbonyl (C=O) groups excluding carboxylic acids is 1. The van der Waals surface area contributed by atoms with Gasteiger partial charge in [-0.05, 0) is 36.8 Å². The van der Waals surface area contributed by atoms with Crippen molar-refractivity contribution in [2.75, 3.05) is 25.6 Å². The molecular formula is C18H22N2O5S. The summed E-state index contributed by atoms with van der Waals surface area (Å²) in [5.41, 5.74) is 1.08. The first kappa shape index (κ1) is 19.7. The van der Waals surface area contributed by atoms with Crippen molar-refractivity contribution in [3.63, 3.8) is 0 Å². The second-order valence-corrected chi connectivity index (χ2v) is 7.21. The van der Waals surface area contributed by atoms with Gasteiger partial charge in [-0.25, -0.2) is 13.1 Å². The average Bonchev–Trinajstić information content (AvgIpc) is 2.62. The molecule has 0 unspecified atom stereocenters. The first-order chi connectivity index (χ1) is 12.4. The number of nitrogens with one attached hydrogen (secondary N) is 2. The van der Waals surface area contributed by atoms with Crippen molar-refractivity contribution < 1.29 is 22.7 Å². The lowest BCUT2D eigenvalue weighted by Crippen LogP contribution is -2.33. The third kappa shape index (κ3) is 6.05. The first-order valence-corrected chi connectivity index (χ1v) is 9.70. The molecule has 0 heterocycles. The number of amides is 1. The Balaban J connectivity index is 1.89. The number of hydrogen-bond acceptors (Lipinski definition) is 5. The van der Waals surface area contributed by atoms with Gasteiger partial charge in [0.25, 0.3) is 0 Å². The molecule has 7 nitrogen and oxygen atoms in total. The maximum atomic E-state index is 12.1. The van der Waals surface area contributed by atoms with Crippen molar-refractivity contribution in [1.29, 1.82) is 0 Å². The molecule has 1 amide bonds. The van der Waals surface area contributed by atoms with Crippen molar-refractivity contribution >= 4 is 21.6 Å². The fourth-order valence-electron chi connectivity index (χ4n) is 2.24. The molecule has 0 atom stereocenters. The molecule has 2 rings (SSSR count). The maximum absolute atomic E-state index is 12.1. The third-order valence-electron chi connectivity index (χ3n) is 3.42. The molecule has 0 spiro atoms. The molecule has 0 aliphatic heterocycles. The Morgan fingerprint density at radius 3 is 2.42 bits per heavy atom. The highest BCUT2D eigenvalue weighted by Crippen LogP contribution is 2.22. The maximum Gasteiger partial charge on any atom is 0.239 e. The van der Waals surface area contributed by atoms with Gasteiger partial charge < -0.3 is 14.8 Å². The lowest BCUT2D eigenvalue weighted by Gasteiger charge is -2.11. The summed E-state index contributed by atoms with van der Waals surface area (Å²) >= 11 is 0. The zero-order valence-corrected chi connectivity index (χ0v) is 15.5. The lowest BCUT2D eigenvalue weighted by atomic mass is 10.2. The van der Waals surface area contributed by atoms with Crippen LogP contribution in [-0.4, -0.2) is 34.6 Å². The summed E-state index contributed by atoms with van der Waals surface area (Å²) < 4.78 is 37.0. The van der Waals surface area contributed by atoms with Crippen LogP contribution >= 0.6 is 0 Å². The highest BCUT2D eigenvalue weighted by Gasteiger charge is 2.14. The summed E-state index contributed by atoms with van der Waals surface area (Å²) in [5.74, 6) is 0.474. The largest absolute Gasteiger partial charge is 0.495 e. The Kier molecular flexibility index (Phi) is 6.99. The molecule has 0 radical (unpaired) electrons. The number of ether oxygens (including phenoxy) is 2. The van der Waals surface area contributed by atoms with Crippen molar-refractivity contribution in [3.8, 4) is 11.5 Å². The fourth-order valence-corrected chi connectivity index (χ4v) is 3.32. The van der Waals surface area contributed by atoms with E-state index in [2.05, 4.69) is 10.0 Å². The number of rotatable bonds is 9. The summed E-state index contributed by atoms with van der Waals surface area (Å²) in [6, 6.07) is 13.7. The Hall–Kier alpha value is -2.58. The van der Waals surface area contributed by atoms with Crippen LogP contribution in [0.2, 0.25) is 0 Å². The van der Waals surface area contributed by atoms with Crippen LogP contribution in [0.1, 0.15) is 12.5 Å². The second-order valence-electron chi connectivity index (χ2n) is 5.41. The summed E-state index contributed by atoms with van der Waals surface area (Å²) in [6.07, 6.45) is 0. The minimum absolute atomic E-state index is 0.221. The van der Waals surface area contributed by atoms with E-state index in [1.807, 2.05) is 6.92 Å². The molecule has 0 saturated heterocycles. The van der Waals surface area contributed by atoms with Crippen LogP contribution in [-0.2, 0) is 20.6 Å². The molecule has 0 fully saturated rings. The van der Waals surface area contributed by atoms with Crippen molar-refractivity contribution in [1.82, 2.24) is 4.72 Å². The quantitative estimate of drug-likeness (QED) is 0.697. The summed E-state index contributed by atoms with van der Waals surface area (Å²) in [7, 11) is -2.16. The number of para-hydroxylation sites is 2. The van der Waals surface area contributed by atoms with E-state index >= 15 is 0 Å². The van der Waals surface area contributed by atoms with E-state index in [1.165, 1.54) is 7.11 Å². The van der Waals surface area contributed by atoms with E-state index in [0.29, 0.717) is 29.4 Å². The smallest absolute Gasteiger partial charge is 0.239 e. The minimum atomic E-state index is -3.65. The van der Waals surface area contributed by atoms with Crippen molar-refractivity contribution in [3.05, 3.63) is 54.1 Å². The Morgan fingerprint density at radius 2 is 1.77 bits per heavy atom. The third-order valence-corrected chi connectivity index (χ3v) is 4.72. The van der Waals surface area contributed by atoms with E-state index < -0.39 is 15.9 Å². The van der Waals surface area contributed by atoms with Gasteiger partial charge in [0.1, 0.15) is 11.5 Å². The molecule has 2 aromatic rings. The van der Waals surface area contributed by atoms with Crippen LogP contribution in [0, 0.1) is 0 Å². The standard InChI is InChI=1S/C18H22N2O5S/c1-3-25-15-10-8-14(9-11-15)13-26(22,23)19-12-18(21)20-16-6-4-5-7-17(16)24-2/h4-11,19H,3,12-13H2,1-2H3,(H,20,21). The average molecular weight is 378 g/mol. The first-order valence-electron chi connectivity index (χ1n) is 8.05. The van der Waals surface area contributed by atoms with Gasteiger partial charge in [0.05, 0.1) is 31.7 Å². The second kappa shape index (κ2) is 9.21. The van der Waals surface area contributed by atoms with Gasteiger partial charge in [-0.1, -0.05) is 24.3 Å². The van der Waals surface area contributed by atoms with Crippen molar-refractivity contribution in [2.45, 2.75) is 12.7 Å². The molecule has 0 aromatic heterocycles. The van der Waals surface area contributed by atoms with Crippen LogP contribution in [0.25, 0.3) is 0 Å². The molecule has 0 aliphatic rings. The Labute approximate surface area is 153 Å². The molecular weight excluding hydrogens is 356 g/mol. The fraction of sp³-hybridized carbons (Fsp3) is 0.278. The predicted octanol–water partition coefficient (Wildman–Crippen LogP) is 2.15. The zero-order chi connectivity index (χ0) is 19.0. The Morgan fingerprint density at radius 1 is 1.08 bits per heavy atom. The molecule has 0 bridgehead atoms. The van der Waals surface area contributed by atoms with E-state index in [9.17, 15) is 13.2 Å². The molecule has 8 heteroatoms. The Bertz CT molecular complexity index is 835. The summed E-state index contributed by atoms with van der Waals surface area (Å²) in [5, 5.41) is 2.61. The number of carbonyl (C=O) groups is 1. The number of benzene rings is 2. The highest BCUT2D eigenvalue weighted by molar-refractivity contribution is 7.88. The SMILES string of the molecule is CCOc1ccc(CS(=O)(=O)NCC(=O)Nc2ccccc2OC)cc1. The van der Waals surface area contributed by atoms with E-state index in [4.69, 9.17) is 9.47 Å². The van der Waals surface area contributed by atoms with Gasteiger partial charge in [0, 0.05) is 0 Å². The normalized spacial score (nSPS) is 11.0. The van der Waals surface area contributed by atoms with Crippen LogP contribution in [0.15, 0.2) is 48.5 Å². The highest BCUT2D eigenvalue weighted by atomic mass is 32.2. The van der Waals surface area contributed by atoms with Gasteiger partial charge in [0.15, 0.2) is 0 Å². The van der Waals surface area contributed by atoms with Crippen LogP contribution in [0.5, 0.6) is 11.5 Å². The molecule has 0 aliphatic carbocycles. The molecule has 140 valence electrons. The van der Waals surface area contributed by atoms with Gasteiger partial charge >= 0.3 is 0 Å². The molecule has 26 heavy (non-hydrogen) atoms. The van der Waals surface area contributed by atoms with Crippen LogP contribution in [0.3, 0.4) is 0 Å². The van der Waals surface area contributed by atoms with E-state index in [1.54, 1.807) is 48.5 Å². The number of sulfonamides is 1. The monoisotopic (exact) mass is 378 g/mol. The van der Waals surface area contributed by atoms with Crippen LogP contribution < -0.4 is 19.5 Å².